The number of aliphatic hydroxyl groups excluding tert-OH is 1. The van der Waals surface area contributed by atoms with Gasteiger partial charge < -0.3 is 15.3 Å². The molecule has 3 atom stereocenters. The van der Waals surface area contributed by atoms with Crippen molar-refractivity contribution < 1.29 is 32.3 Å². The minimum atomic E-state index is -4.59. The van der Waals surface area contributed by atoms with Gasteiger partial charge in [0.05, 0.1) is 5.92 Å². The first-order valence-electron chi connectivity index (χ1n) is 15.1. The van der Waals surface area contributed by atoms with Gasteiger partial charge in [-0.3, -0.25) is 14.4 Å². The van der Waals surface area contributed by atoms with Gasteiger partial charge in [0.2, 0.25) is 11.8 Å². The third-order valence-electron chi connectivity index (χ3n) is 7.65. The normalized spacial score (nSPS) is 17.7. The first-order chi connectivity index (χ1) is 21.8. The zero-order chi connectivity index (χ0) is 33.9. The van der Waals surface area contributed by atoms with E-state index in [0.29, 0.717) is 23.1 Å². The number of aliphatic hydroxyl groups is 1. The van der Waals surface area contributed by atoms with E-state index in [0.717, 1.165) is 13.3 Å². The Labute approximate surface area is 280 Å². The van der Waals surface area contributed by atoms with E-state index in [9.17, 15) is 32.3 Å². The monoisotopic (exact) mass is 693 g/mol. The minimum absolute atomic E-state index is 0.0244. The van der Waals surface area contributed by atoms with Gasteiger partial charge in [-0.25, -0.2) is 17.5 Å². The number of carbonyl (C=O) groups excluding carboxylic acids is 3. The molecule has 1 aliphatic rings. The molecule has 13 heteroatoms. The minimum Gasteiger partial charge on any atom is -0.384 e. The molecule has 3 rings (SSSR count). The van der Waals surface area contributed by atoms with Crippen molar-refractivity contribution in [2.45, 2.75) is 56.3 Å². The van der Waals surface area contributed by atoms with E-state index >= 15 is 0 Å². The summed E-state index contributed by atoms with van der Waals surface area (Å²) >= 11 is 11.2. The van der Waals surface area contributed by atoms with E-state index in [1.807, 2.05) is 11.6 Å². The fourth-order valence-corrected chi connectivity index (χ4v) is 7.20. The first-order valence-corrected chi connectivity index (χ1v) is 17.6. The molecule has 0 radical (unpaired) electrons. The zero-order valence-electron chi connectivity index (χ0n) is 25.9. The zero-order valence-corrected chi connectivity index (χ0v) is 28.4. The van der Waals surface area contributed by atoms with E-state index in [4.69, 9.17) is 11.6 Å². The van der Waals surface area contributed by atoms with Crippen LogP contribution in [0.4, 0.5) is 4.39 Å². The molecule has 0 bridgehead atoms. The Morgan fingerprint density at radius 1 is 1.09 bits per heavy atom. The highest BCUT2D eigenvalue weighted by Crippen LogP contribution is 2.45. The lowest BCUT2D eigenvalue weighted by Crippen LogP contribution is -2.49. The SMILES string of the molecule is CCCCC(=O)N(CCNC(=O)[C@@H](CS)Cc1ccccc1F)CC1=CC=C(c2ccccc2)C(Cl)(S(=O)(=O)NC(=O)[C@H](C)O)C1. The summed E-state index contributed by atoms with van der Waals surface area (Å²) in [4.78, 5) is 40.0. The van der Waals surface area contributed by atoms with Crippen molar-refractivity contribution in [2.75, 3.05) is 25.4 Å². The molecular formula is C33H41ClFN3O6S2. The highest BCUT2D eigenvalue weighted by atomic mass is 35.5. The van der Waals surface area contributed by atoms with Crippen LogP contribution >= 0.6 is 24.2 Å². The van der Waals surface area contributed by atoms with Crippen molar-refractivity contribution in [3.63, 3.8) is 0 Å². The number of benzene rings is 2. The molecule has 0 aliphatic heterocycles. The maximum absolute atomic E-state index is 14.2. The van der Waals surface area contributed by atoms with Crippen LogP contribution in [0.15, 0.2) is 72.3 Å². The molecule has 1 aliphatic carbocycles. The fraction of sp³-hybridized carbons (Fsp3) is 0.424. The molecule has 46 heavy (non-hydrogen) atoms. The summed E-state index contributed by atoms with van der Waals surface area (Å²) in [5.41, 5.74) is 1.67. The second kappa shape index (κ2) is 17.1. The summed E-state index contributed by atoms with van der Waals surface area (Å²) < 4.78 is 41.1. The second-order valence-electron chi connectivity index (χ2n) is 11.2. The molecule has 0 saturated heterocycles. The van der Waals surface area contributed by atoms with Crippen LogP contribution in [0.1, 0.15) is 50.7 Å². The maximum Gasteiger partial charge on any atom is 0.262 e. The quantitative estimate of drug-likeness (QED) is 0.154. The van der Waals surface area contributed by atoms with Gasteiger partial charge in [0.25, 0.3) is 15.9 Å². The number of unbranched alkanes of at least 4 members (excludes halogenated alkanes) is 1. The Kier molecular flexibility index (Phi) is 13.9. The van der Waals surface area contributed by atoms with Crippen molar-refractivity contribution in [3.05, 3.63) is 89.3 Å². The largest absolute Gasteiger partial charge is 0.384 e. The van der Waals surface area contributed by atoms with Gasteiger partial charge in [-0.1, -0.05) is 85.6 Å². The number of alkyl halides is 1. The lowest BCUT2D eigenvalue weighted by Gasteiger charge is -2.35. The number of hydrogen-bond acceptors (Lipinski definition) is 7. The molecule has 3 N–H and O–H groups in total. The molecule has 3 amide bonds. The van der Waals surface area contributed by atoms with Crippen LogP contribution < -0.4 is 10.0 Å². The number of rotatable bonds is 16. The molecular weight excluding hydrogens is 653 g/mol. The van der Waals surface area contributed by atoms with E-state index in [1.165, 1.54) is 11.0 Å². The van der Waals surface area contributed by atoms with Gasteiger partial charge in [-0.05, 0) is 48.1 Å². The number of nitrogens with zero attached hydrogens (tertiary/aromatic N) is 1. The Morgan fingerprint density at radius 2 is 1.76 bits per heavy atom. The fourth-order valence-electron chi connectivity index (χ4n) is 5.00. The van der Waals surface area contributed by atoms with Crippen molar-refractivity contribution in [1.29, 1.82) is 0 Å². The van der Waals surface area contributed by atoms with Crippen LogP contribution in [0.5, 0.6) is 0 Å². The van der Waals surface area contributed by atoms with Crippen LogP contribution in [0, 0.1) is 11.7 Å². The highest BCUT2D eigenvalue weighted by Gasteiger charge is 2.49. The summed E-state index contributed by atoms with van der Waals surface area (Å²) in [5, 5.41) is 12.5. The lowest BCUT2D eigenvalue weighted by molar-refractivity contribution is -0.131. The number of nitrogens with one attached hydrogen (secondary N) is 2. The lowest BCUT2D eigenvalue weighted by atomic mass is 9.92. The third-order valence-corrected chi connectivity index (χ3v) is 10.7. The average molecular weight is 694 g/mol. The van der Waals surface area contributed by atoms with E-state index in [2.05, 4.69) is 17.9 Å². The highest BCUT2D eigenvalue weighted by molar-refractivity contribution is 7.93. The van der Waals surface area contributed by atoms with E-state index in [-0.39, 0.29) is 62.0 Å². The van der Waals surface area contributed by atoms with Crippen molar-refractivity contribution in [2.24, 2.45) is 5.92 Å². The molecule has 0 saturated carbocycles. The van der Waals surface area contributed by atoms with Gasteiger partial charge in [-0.2, -0.15) is 12.6 Å². The number of halogens is 2. The first kappa shape index (κ1) is 37.3. The Hall–Kier alpha value is -3.19. The molecule has 250 valence electrons. The molecule has 0 fully saturated rings. The molecule has 0 aromatic heterocycles. The maximum atomic E-state index is 14.2. The van der Waals surface area contributed by atoms with Crippen molar-refractivity contribution >= 4 is 57.5 Å². The number of hydrogen-bond donors (Lipinski definition) is 4. The molecule has 2 aromatic rings. The van der Waals surface area contributed by atoms with Crippen LogP contribution in [0.25, 0.3) is 5.57 Å². The number of sulfonamides is 1. The van der Waals surface area contributed by atoms with E-state index < -0.39 is 38.0 Å². The number of allylic oxidation sites excluding steroid dienone is 2. The van der Waals surface area contributed by atoms with Gasteiger partial charge in [0.15, 0.2) is 4.21 Å². The number of amides is 3. The second-order valence-corrected chi connectivity index (χ2v) is 14.3. The van der Waals surface area contributed by atoms with Crippen LogP contribution in [0.3, 0.4) is 0 Å². The van der Waals surface area contributed by atoms with Crippen LogP contribution in [-0.4, -0.2) is 71.8 Å². The average Bonchev–Trinajstić information content (AvgIpc) is 3.02. The van der Waals surface area contributed by atoms with Gasteiger partial charge in [0.1, 0.15) is 11.9 Å². The Balaban J connectivity index is 1.82. The van der Waals surface area contributed by atoms with Crippen molar-refractivity contribution in [3.8, 4) is 0 Å². The summed E-state index contributed by atoms with van der Waals surface area (Å²) in [6.07, 6.45) is 3.27. The topological polar surface area (TPSA) is 133 Å². The standard InChI is InChI=1S/C33H41ClFN3O6S2/c1-3-4-14-30(40)38(18-17-36-32(42)27(22-45)19-26-12-8-9-13-29(26)35)21-24-15-16-28(25-10-6-5-7-11-25)33(34,20-24)46(43,44)37-31(41)23(2)39/h5-13,15-16,23,27,39,45H,3-4,14,17-22H2,1-2H3,(H,36,42)(H,37,41)/t23-,27+,33?/m0/s1. The van der Waals surface area contributed by atoms with Crippen LogP contribution in [0.2, 0.25) is 0 Å². The van der Waals surface area contributed by atoms with Crippen LogP contribution in [-0.2, 0) is 30.8 Å². The number of thiol groups is 1. The van der Waals surface area contributed by atoms with Gasteiger partial charge >= 0.3 is 0 Å². The molecule has 2 aromatic carbocycles. The van der Waals surface area contributed by atoms with E-state index in [1.54, 1.807) is 60.7 Å². The smallest absolute Gasteiger partial charge is 0.262 e. The predicted molar refractivity (Wildman–Crippen MR) is 181 cm³/mol. The van der Waals surface area contributed by atoms with Crippen molar-refractivity contribution in [1.82, 2.24) is 14.9 Å². The summed E-state index contributed by atoms with van der Waals surface area (Å²) in [7, 11) is -4.59. The molecule has 0 heterocycles. The molecule has 1 unspecified atom stereocenters. The Morgan fingerprint density at radius 3 is 2.39 bits per heavy atom. The predicted octanol–water partition coefficient (Wildman–Crippen LogP) is 4.22. The number of carbonyl (C=O) groups is 3. The summed E-state index contributed by atoms with van der Waals surface area (Å²) in [6, 6.07) is 14.8. The summed E-state index contributed by atoms with van der Waals surface area (Å²) in [5.74, 6) is -2.43. The third kappa shape index (κ3) is 9.66. The van der Waals surface area contributed by atoms with Gasteiger partial charge in [0, 0.05) is 38.2 Å². The van der Waals surface area contributed by atoms with Gasteiger partial charge in [-0.15, -0.1) is 0 Å². The molecule has 0 spiro atoms. The Bertz CT molecular complexity index is 1550. The molecule has 9 nitrogen and oxygen atoms in total. The summed E-state index contributed by atoms with van der Waals surface area (Å²) in [6.45, 7) is 3.35.